The molecule has 19 heavy (non-hydrogen) atoms. The van der Waals surface area contributed by atoms with E-state index in [1.54, 1.807) is 0 Å². The van der Waals surface area contributed by atoms with Gasteiger partial charge in [-0.3, -0.25) is 0 Å². The standard InChI is InChI=1S/C14H15N3O2/c1-3-7-11(15)14-16-13(17-19-14)10-8-5-6-9-12(10)18-4-2/h1,5-6,8-9,11H,4,7,15H2,2H3. The van der Waals surface area contributed by atoms with E-state index in [0.29, 0.717) is 30.5 Å². The molecule has 2 rings (SSSR count). The van der Waals surface area contributed by atoms with Crippen molar-refractivity contribution in [1.82, 2.24) is 10.1 Å². The third kappa shape index (κ3) is 2.92. The summed E-state index contributed by atoms with van der Waals surface area (Å²) in [5.41, 5.74) is 6.59. The van der Waals surface area contributed by atoms with E-state index in [9.17, 15) is 0 Å². The van der Waals surface area contributed by atoms with Crippen molar-refractivity contribution in [1.29, 1.82) is 0 Å². The average molecular weight is 257 g/mol. The van der Waals surface area contributed by atoms with Crippen molar-refractivity contribution in [2.45, 2.75) is 19.4 Å². The van der Waals surface area contributed by atoms with E-state index in [2.05, 4.69) is 16.1 Å². The van der Waals surface area contributed by atoms with Gasteiger partial charge in [-0.1, -0.05) is 17.3 Å². The Morgan fingerprint density at radius 2 is 2.26 bits per heavy atom. The number of ether oxygens (including phenoxy) is 1. The van der Waals surface area contributed by atoms with Crippen LogP contribution in [0.3, 0.4) is 0 Å². The molecule has 0 saturated heterocycles. The highest BCUT2D eigenvalue weighted by Gasteiger charge is 2.17. The summed E-state index contributed by atoms with van der Waals surface area (Å²) in [6.45, 7) is 2.49. The first-order valence-corrected chi connectivity index (χ1v) is 6.01. The summed E-state index contributed by atoms with van der Waals surface area (Å²) in [6, 6.07) is 7.06. The largest absolute Gasteiger partial charge is 0.493 e. The summed E-state index contributed by atoms with van der Waals surface area (Å²) in [7, 11) is 0. The highest BCUT2D eigenvalue weighted by Crippen LogP contribution is 2.28. The minimum atomic E-state index is -0.439. The first-order valence-electron chi connectivity index (χ1n) is 6.01. The minimum Gasteiger partial charge on any atom is -0.493 e. The summed E-state index contributed by atoms with van der Waals surface area (Å²) in [5, 5.41) is 3.92. The maximum absolute atomic E-state index is 5.82. The number of hydrogen-bond acceptors (Lipinski definition) is 5. The fraction of sp³-hybridized carbons (Fsp3) is 0.286. The Morgan fingerprint density at radius 1 is 1.47 bits per heavy atom. The Morgan fingerprint density at radius 3 is 3.00 bits per heavy atom. The number of hydrogen-bond donors (Lipinski definition) is 1. The van der Waals surface area contributed by atoms with Gasteiger partial charge in [0.05, 0.1) is 18.2 Å². The Hall–Kier alpha value is -2.32. The SMILES string of the molecule is C#CCC(N)c1nc(-c2ccccc2OCC)no1. The van der Waals surface area contributed by atoms with E-state index in [4.69, 9.17) is 21.4 Å². The fourth-order valence-corrected chi connectivity index (χ4v) is 1.64. The second-order valence-corrected chi connectivity index (χ2v) is 3.90. The quantitative estimate of drug-likeness (QED) is 0.831. The lowest BCUT2D eigenvalue weighted by Gasteiger charge is -2.06. The van der Waals surface area contributed by atoms with Crippen LogP contribution in [0.1, 0.15) is 25.3 Å². The number of aromatic nitrogens is 2. The summed E-state index contributed by atoms with van der Waals surface area (Å²) in [6.07, 6.45) is 5.56. The van der Waals surface area contributed by atoms with Gasteiger partial charge in [0, 0.05) is 6.42 Å². The summed E-state index contributed by atoms with van der Waals surface area (Å²) in [4.78, 5) is 4.26. The van der Waals surface area contributed by atoms with Crippen molar-refractivity contribution < 1.29 is 9.26 Å². The third-order valence-corrected chi connectivity index (χ3v) is 2.52. The lowest BCUT2D eigenvalue weighted by atomic mass is 10.2. The molecule has 5 heteroatoms. The van der Waals surface area contributed by atoms with Crippen LogP contribution in [0.15, 0.2) is 28.8 Å². The Labute approximate surface area is 111 Å². The van der Waals surface area contributed by atoms with Gasteiger partial charge in [-0.05, 0) is 19.1 Å². The molecule has 2 N–H and O–H groups in total. The Kier molecular flexibility index (Phi) is 4.16. The monoisotopic (exact) mass is 257 g/mol. The van der Waals surface area contributed by atoms with Gasteiger partial charge in [0.1, 0.15) is 5.75 Å². The molecule has 1 aromatic carbocycles. The molecular weight excluding hydrogens is 242 g/mol. The third-order valence-electron chi connectivity index (χ3n) is 2.52. The van der Waals surface area contributed by atoms with Gasteiger partial charge in [-0.25, -0.2) is 0 Å². The van der Waals surface area contributed by atoms with Crippen molar-refractivity contribution in [3.05, 3.63) is 30.2 Å². The van der Waals surface area contributed by atoms with Crippen LogP contribution in [0.5, 0.6) is 5.75 Å². The van der Waals surface area contributed by atoms with Crippen LogP contribution in [0.4, 0.5) is 0 Å². The number of para-hydroxylation sites is 1. The first kappa shape index (κ1) is 13.1. The van der Waals surface area contributed by atoms with E-state index < -0.39 is 6.04 Å². The van der Waals surface area contributed by atoms with E-state index in [0.717, 1.165) is 5.56 Å². The molecule has 5 nitrogen and oxygen atoms in total. The molecule has 0 aliphatic rings. The number of nitrogens with two attached hydrogens (primary N) is 1. The molecule has 0 aliphatic heterocycles. The zero-order chi connectivity index (χ0) is 13.7. The van der Waals surface area contributed by atoms with E-state index in [1.165, 1.54) is 0 Å². The molecule has 0 spiro atoms. The second kappa shape index (κ2) is 6.03. The molecule has 0 radical (unpaired) electrons. The molecule has 0 saturated carbocycles. The van der Waals surface area contributed by atoms with Gasteiger partial charge in [0.2, 0.25) is 11.7 Å². The summed E-state index contributed by atoms with van der Waals surface area (Å²) in [5.74, 6) is 3.96. The van der Waals surface area contributed by atoms with Crippen LogP contribution in [0.25, 0.3) is 11.4 Å². The molecule has 1 aromatic heterocycles. The molecular formula is C14H15N3O2. The van der Waals surface area contributed by atoms with Crippen LogP contribution in [-0.2, 0) is 0 Å². The van der Waals surface area contributed by atoms with Crippen molar-refractivity contribution in [3.63, 3.8) is 0 Å². The van der Waals surface area contributed by atoms with Gasteiger partial charge in [-0.15, -0.1) is 12.3 Å². The number of rotatable bonds is 5. The van der Waals surface area contributed by atoms with Crippen LogP contribution in [0, 0.1) is 12.3 Å². The van der Waals surface area contributed by atoms with Crippen molar-refractivity contribution in [2.75, 3.05) is 6.61 Å². The van der Waals surface area contributed by atoms with Crippen LogP contribution in [0.2, 0.25) is 0 Å². The maximum atomic E-state index is 5.82. The topological polar surface area (TPSA) is 74.2 Å². The van der Waals surface area contributed by atoms with E-state index in [-0.39, 0.29) is 0 Å². The predicted molar refractivity (Wildman–Crippen MR) is 71.3 cm³/mol. The van der Waals surface area contributed by atoms with Crippen molar-refractivity contribution in [3.8, 4) is 29.5 Å². The highest BCUT2D eigenvalue weighted by atomic mass is 16.5. The lowest BCUT2D eigenvalue weighted by Crippen LogP contribution is -2.09. The molecule has 0 fully saturated rings. The number of benzene rings is 1. The highest BCUT2D eigenvalue weighted by molar-refractivity contribution is 5.63. The zero-order valence-corrected chi connectivity index (χ0v) is 10.7. The van der Waals surface area contributed by atoms with E-state index >= 15 is 0 Å². The minimum absolute atomic E-state index is 0.333. The molecule has 98 valence electrons. The smallest absolute Gasteiger partial charge is 0.244 e. The van der Waals surface area contributed by atoms with Crippen molar-refractivity contribution in [2.24, 2.45) is 5.73 Å². The first-order chi connectivity index (χ1) is 9.26. The summed E-state index contributed by atoms with van der Waals surface area (Å²) < 4.78 is 10.7. The number of terminal acetylenes is 1. The van der Waals surface area contributed by atoms with Crippen LogP contribution in [-0.4, -0.2) is 16.7 Å². The molecule has 1 atom stereocenters. The van der Waals surface area contributed by atoms with E-state index in [1.807, 2.05) is 31.2 Å². The zero-order valence-electron chi connectivity index (χ0n) is 10.7. The molecule has 1 unspecified atom stereocenters. The molecule has 0 aliphatic carbocycles. The second-order valence-electron chi connectivity index (χ2n) is 3.90. The fourth-order valence-electron chi connectivity index (χ4n) is 1.64. The van der Waals surface area contributed by atoms with Crippen molar-refractivity contribution >= 4 is 0 Å². The van der Waals surface area contributed by atoms with Crippen LogP contribution < -0.4 is 10.5 Å². The van der Waals surface area contributed by atoms with Gasteiger partial charge in [0.15, 0.2) is 0 Å². The van der Waals surface area contributed by atoms with Gasteiger partial charge < -0.3 is 15.0 Å². The average Bonchev–Trinajstić information content (AvgIpc) is 2.90. The van der Waals surface area contributed by atoms with Crippen LogP contribution >= 0.6 is 0 Å². The molecule has 0 amide bonds. The maximum Gasteiger partial charge on any atom is 0.244 e. The normalized spacial score (nSPS) is 11.8. The summed E-state index contributed by atoms with van der Waals surface area (Å²) >= 11 is 0. The van der Waals surface area contributed by atoms with Gasteiger partial charge >= 0.3 is 0 Å². The molecule has 0 bridgehead atoms. The van der Waals surface area contributed by atoms with Gasteiger partial charge in [-0.2, -0.15) is 4.98 Å². The Balaban J connectivity index is 2.30. The van der Waals surface area contributed by atoms with Gasteiger partial charge in [0.25, 0.3) is 0 Å². The predicted octanol–water partition coefficient (Wildman–Crippen LogP) is 2.16. The molecule has 1 heterocycles. The molecule has 2 aromatic rings. The lowest BCUT2D eigenvalue weighted by molar-refractivity contribution is 0.340. The Bertz CT molecular complexity index is 586. The number of nitrogens with zero attached hydrogens (tertiary/aromatic N) is 2.